The number of ether oxygens (including phenoxy) is 1. The van der Waals surface area contributed by atoms with Gasteiger partial charge in [-0.25, -0.2) is 8.42 Å². The number of amides is 2. The number of rotatable bonds is 12. The van der Waals surface area contributed by atoms with Gasteiger partial charge in [0.25, 0.3) is 10.0 Å². The maximum atomic E-state index is 14.3. The van der Waals surface area contributed by atoms with Crippen LogP contribution in [0.3, 0.4) is 0 Å². The van der Waals surface area contributed by atoms with Crippen LogP contribution in [0.2, 0.25) is 5.02 Å². The minimum absolute atomic E-state index is 0.0703. The standard InChI is InChI=1S/C33H31ClF3N3O5S/c1-38-32(42)30(19-23-10-5-3-6-11-23)39(21-24-12-9-13-26(18-24)45-2)31(41)22-40(46(43,44)27-14-7-4-8-15-27)25-16-17-29(34)28(20-25)33(35,36)37/h3-18,20,30H,19,21-22H2,1-2H3,(H,38,42)/t30-/m0/s1. The maximum Gasteiger partial charge on any atom is 0.417 e. The van der Waals surface area contributed by atoms with Crippen LogP contribution in [0.5, 0.6) is 5.75 Å². The van der Waals surface area contributed by atoms with Crippen molar-refractivity contribution in [3.05, 3.63) is 125 Å². The van der Waals surface area contributed by atoms with Gasteiger partial charge in [-0.05, 0) is 53.6 Å². The molecule has 4 aromatic rings. The smallest absolute Gasteiger partial charge is 0.417 e. The Morgan fingerprint density at radius 2 is 1.52 bits per heavy atom. The zero-order chi connectivity index (χ0) is 33.5. The zero-order valence-electron chi connectivity index (χ0n) is 24.9. The van der Waals surface area contributed by atoms with E-state index in [1.807, 2.05) is 0 Å². The SMILES string of the molecule is CNC(=O)[C@H](Cc1ccccc1)N(Cc1cccc(OC)c1)C(=O)CN(c1ccc(Cl)c(C(F)(F)F)c1)S(=O)(=O)c1ccccc1. The second-order valence-electron chi connectivity index (χ2n) is 10.2. The van der Waals surface area contributed by atoms with Gasteiger partial charge in [-0.3, -0.25) is 13.9 Å². The normalized spacial score (nSPS) is 12.2. The first-order chi connectivity index (χ1) is 21.8. The lowest BCUT2D eigenvalue weighted by Gasteiger charge is -2.33. The molecular weight excluding hydrogens is 643 g/mol. The molecule has 8 nitrogen and oxygen atoms in total. The van der Waals surface area contributed by atoms with Crippen molar-refractivity contribution in [1.82, 2.24) is 10.2 Å². The summed E-state index contributed by atoms with van der Waals surface area (Å²) in [6.07, 6.45) is -4.83. The Labute approximate surface area is 270 Å². The highest BCUT2D eigenvalue weighted by atomic mass is 35.5. The van der Waals surface area contributed by atoms with Gasteiger partial charge in [0, 0.05) is 20.0 Å². The van der Waals surface area contributed by atoms with E-state index in [-0.39, 0.29) is 17.9 Å². The van der Waals surface area contributed by atoms with Crippen molar-refractivity contribution in [2.24, 2.45) is 0 Å². The van der Waals surface area contributed by atoms with Gasteiger partial charge in [-0.15, -0.1) is 0 Å². The molecule has 4 aromatic carbocycles. The molecular formula is C33H31ClF3N3O5S. The molecule has 0 aromatic heterocycles. The summed E-state index contributed by atoms with van der Waals surface area (Å²) in [7, 11) is -1.72. The van der Waals surface area contributed by atoms with E-state index < -0.39 is 56.9 Å². The Bertz CT molecular complexity index is 1770. The number of hydrogen-bond acceptors (Lipinski definition) is 5. The zero-order valence-corrected chi connectivity index (χ0v) is 26.4. The van der Waals surface area contributed by atoms with Gasteiger partial charge in [-0.1, -0.05) is 72.3 Å². The van der Waals surface area contributed by atoms with E-state index in [2.05, 4.69) is 5.32 Å². The number of anilines is 1. The summed E-state index contributed by atoms with van der Waals surface area (Å²) >= 11 is 5.84. The summed E-state index contributed by atoms with van der Waals surface area (Å²) in [6.45, 7) is -1.07. The summed E-state index contributed by atoms with van der Waals surface area (Å²) in [5.74, 6) is -0.877. The fourth-order valence-electron chi connectivity index (χ4n) is 4.82. The highest BCUT2D eigenvalue weighted by Crippen LogP contribution is 2.38. The highest BCUT2D eigenvalue weighted by Gasteiger charge is 2.37. The molecule has 1 N–H and O–H groups in total. The predicted octanol–water partition coefficient (Wildman–Crippen LogP) is 5.95. The van der Waals surface area contributed by atoms with Gasteiger partial charge < -0.3 is 15.0 Å². The maximum absolute atomic E-state index is 14.3. The topological polar surface area (TPSA) is 96.0 Å². The summed E-state index contributed by atoms with van der Waals surface area (Å²) < 4.78 is 75.5. The van der Waals surface area contributed by atoms with Crippen LogP contribution >= 0.6 is 11.6 Å². The number of likely N-dealkylation sites (N-methyl/N-ethyl adjacent to an activating group) is 1. The molecule has 0 aliphatic carbocycles. The van der Waals surface area contributed by atoms with Crippen LogP contribution in [0.15, 0.2) is 108 Å². The lowest BCUT2D eigenvalue weighted by Crippen LogP contribution is -2.53. The van der Waals surface area contributed by atoms with Crippen molar-refractivity contribution in [3.63, 3.8) is 0 Å². The molecule has 0 aliphatic rings. The first kappa shape index (κ1) is 34.3. The van der Waals surface area contributed by atoms with Crippen LogP contribution < -0.4 is 14.4 Å². The Hall–Kier alpha value is -4.55. The van der Waals surface area contributed by atoms with E-state index in [1.54, 1.807) is 60.7 Å². The van der Waals surface area contributed by atoms with E-state index in [0.29, 0.717) is 21.7 Å². The van der Waals surface area contributed by atoms with Crippen LogP contribution in [0.25, 0.3) is 0 Å². The molecule has 2 amide bonds. The summed E-state index contributed by atoms with van der Waals surface area (Å²) in [5, 5.41) is 1.93. The summed E-state index contributed by atoms with van der Waals surface area (Å²) in [4.78, 5) is 28.6. The van der Waals surface area contributed by atoms with Gasteiger partial charge in [-0.2, -0.15) is 13.2 Å². The number of halogens is 4. The number of nitrogens with one attached hydrogen (secondary N) is 1. The van der Waals surface area contributed by atoms with Crippen LogP contribution in [0, 0.1) is 0 Å². The third-order valence-electron chi connectivity index (χ3n) is 7.16. The molecule has 0 heterocycles. The fraction of sp³-hybridized carbons (Fsp3) is 0.212. The monoisotopic (exact) mass is 673 g/mol. The largest absolute Gasteiger partial charge is 0.497 e. The number of nitrogens with zero attached hydrogens (tertiary/aromatic N) is 2. The average Bonchev–Trinajstić information content (AvgIpc) is 3.05. The van der Waals surface area contributed by atoms with E-state index in [4.69, 9.17) is 16.3 Å². The molecule has 46 heavy (non-hydrogen) atoms. The van der Waals surface area contributed by atoms with E-state index >= 15 is 0 Å². The molecule has 0 saturated carbocycles. The number of sulfonamides is 1. The van der Waals surface area contributed by atoms with Crippen LogP contribution in [0.4, 0.5) is 18.9 Å². The van der Waals surface area contributed by atoms with E-state index in [1.165, 1.54) is 43.3 Å². The van der Waals surface area contributed by atoms with Gasteiger partial charge in [0.05, 0.1) is 28.3 Å². The highest BCUT2D eigenvalue weighted by molar-refractivity contribution is 7.92. The second kappa shape index (κ2) is 14.7. The minimum atomic E-state index is -4.91. The quantitative estimate of drug-likeness (QED) is 0.201. The van der Waals surface area contributed by atoms with Gasteiger partial charge >= 0.3 is 6.18 Å². The number of benzene rings is 4. The third-order valence-corrected chi connectivity index (χ3v) is 9.28. The molecule has 242 valence electrons. The first-order valence-corrected chi connectivity index (χ1v) is 15.8. The molecule has 0 fully saturated rings. The molecule has 4 rings (SSSR count). The van der Waals surface area contributed by atoms with E-state index in [9.17, 15) is 31.2 Å². The first-order valence-electron chi connectivity index (χ1n) is 14.0. The molecule has 0 radical (unpaired) electrons. The van der Waals surface area contributed by atoms with Gasteiger partial charge in [0.2, 0.25) is 11.8 Å². The third kappa shape index (κ3) is 8.18. The lowest BCUT2D eigenvalue weighted by atomic mass is 10.0. The van der Waals surface area contributed by atoms with Crippen LogP contribution in [0.1, 0.15) is 16.7 Å². The van der Waals surface area contributed by atoms with Crippen molar-refractivity contribution in [2.75, 3.05) is 25.0 Å². The summed E-state index contributed by atoms with van der Waals surface area (Å²) in [5.41, 5.74) is -0.415. The molecule has 0 unspecified atom stereocenters. The molecule has 0 spiro atoms. The average molecular weight is 674 g/mol. The summed E-state index contributed by atoms with van der Waals surface area (Å²) in [6, 6.07) is 24.2. The van der Waals surface area contributed by atoms with Crippen molar-refractivity contribution >= 4 is 39.1 Å². The van der Waals surface area contributed by atoms with E-state index in [0.717, 1.165) is 17.7 Å². The Kier molecular flexibility index (Phi) is 11.0. The molecule has 0 bridgehead atoms. The lowest BCUT2D eigenvalue weighted by molar-refractivity contribution is -0.139. The number of methoxy groups -OCH3 is 1. The van der Waals surface area contributed by atoms with Crippen molar-refractivity contribution in [2.45, 2.75) is 30.1 Å². The fourth-order valence-corrected chi connectivity index (χ4v) is 6.47. The molecule has 0 saturated heterocycles. The Morgan fingerprint density at radius 3 is 2.13 bits per heavy atom. The Morgan fingerprint density at radius 1 is 0.891 bits per heavy atom. The number of alkyl halides is 3. The Balaban J connectivity index is 1.85. The number of carbonyl (C=O) groups is 2. The second-order valence-corrected chi connectivity index (χ2v) is 12.4. The van der Waals surface area contributed by atoms with Gasteiger partial charge in [0.1, 0.15) is 18.3 Å². The number of hydrogen-bond donors (Lipinski definition) is 1. The van der Waals surface area contributed by atoms with Crippen molar-refractivity contribution in [3.8, 4) is 5.75 Å². The minimum Gasteiger partial charge on any atom is -0.497 e. The predicted molar refractivity (Wildman–Crippen MR) is 169 cm³/mol. The molecule has 1 atom stereocenters. The molecule has 0 aliphatic heterocycles. The van der Waals surface area contributed by atoms with Crippen LogP contribution in [-0.4, -0.2) is 51.9 Å². The van der Waals surface area contributed by atoms with Crippen molar-refractivity contribution < 1.29 is 35.9 Å². The molecule has 13 heteroatoms. The van der Waals surface area contributed by atoms with Crippen LogP contribution in [-0.2, 0) is 38.8 Å². The number of carbonyl (C=O) groups excluding carboxylic acids is 2. The van der Waals surface area contributed by atoms with Gasteiger partial charge in [0.15, 0.2) is 0 Å². The van der Waals surface area contributed by atoms with Crippen molar-refractivity contribution in [1.29, 1.82) is 0 Å².